The van der Waals surface area contributed by atoms with E-state index in [0.29, 0.717) is 0 Å². The van der Waals surface area contributed by atoms with E-state index in [1.54, 1.807) is 0 Å². The summed E-state index contributed by atoms with van der Waals surface area (Å²) in [6.45, 7) is 0. The van der Waals surface area contributed by atoms with Crippen LogP contribution in [0.15, 0.2) is 121 Å². The molecule has 0 saturated carbocycles. The third-order valence-corrected chi connectivity index (χ3v) is 15.6. The van der Waals surface area contributed by atoms with E-state index in [-0.39, 0.29) is 0 Å². The van der Waals surface area contributed by atoms with Gasteiger partial charge in [-0.2, -0.15) is 0 Å². The molecule has 1 heteroatoms. The van der Waals surface area contributed by atoms with Crippen molar-refractivity contribution in [3.8, 4) is 0 Å². The van der Waals surface area contributed by atoms with Gasteiger partial charge in [0.15, 0.2) is 0 Å². The van der Waals surface area contributed by atoms with Gasteiger partial charge in [-0.3, -0.25) is 0 Å². The van der Waals surface area contributed by atoms with E-state index in [9.17, 15) is 0 Å². The third kappa shape index (κ3) is 2.91. The summed E-state index contributed by atoms with van der Waals surface area (Å²) in [4.78, 5) is 0. The Labute approximate surface area is 153 Å². The predicted molar refractivity (Wildman–Crippen MR) is 110 cm³/mol. The molecule has 0 N–H and O–H groups in total. The van der Waals surface area contributed by atoms with Gasteiger partial charge in [0.1, 0.15) is 0 Å². The summed E-state index contributed by atoms with van der Waals surface area (Å²) in [7, 11) is 0. The molecule has 25 heavy (non-hydrogen) atoms. The van der Waals surface area contributed by atoms with Gasteiger partial charge in [0.2, 0.25) is 0 Å². The van der Waals surface area contributed by atoms with Crippen molar-refractivity contribution in [3.63, 3.8) is 0 Å². The van der Waals surface area contributed by atoms with Crippen LogP contribution >= 0.6 is 0 Å². The molecule has 0 atom stereocenters. The zero-order chi connectivity index (χ0) is 17.0. The molecule has 0 amide bonds. The Kier molecular flexibility index (Phi) is 4.70. The molecule has 0 nitrogen and oxygen atoms in total. The van der Waals surface area contributed by atoms with Crippen LogP contribution < -0.4 is 14.4 Å². The molecule has 0 fully saturated rings. The number of hydrogen-bond donors (Lipinski definition) is 0. The molecular weight excluding hydrogens is 416 g/mol. The van der Waals surface area contributed by atoms with E-state index < -0.39 is 18.2 Å². The topological polar surface area (TPSA) is 0 Å². The molecule has 4 rings (SSSR count). The monoisotopic (exact) mass is 438 g/mol. The summed E-state index contributed by atoms with van der Waals surface area (Å²) in [5.41, 5.74) is 0. The fraction of sp³-hybridized carbons (Fsp3) is 0. The van der Waals surface area contributed by atoms with Crippen molar-refractivity contribution in [1.82, 2.24) is 0 Å². The van der Waals surface area contributed by atoms with Crippen molar-refractivity contribution in [2.75, 3.05) is 0 Å². The van der Waals surface area contributed by atoms with Gasteiger partial charge in [-0.15, -0.1) is 0 Å². The van der Waals surface area contributed by atoms with Gasteiger partial charge in [0.25, 0.3) is 0 Å². The maximum atomic E-state index is 2.31. The van der Waals surface area contributed by atoms with Crippen LogP contribution in [0.2, 0.25) is 0 Å². The average molecular weight is 436 g/mol. The Morgan fingerprint density at radius 3 is 0.680 bits per heavy atom. The summed E-state index contributed by atoms with van der Waals surface area (Å²) < 4.78 is 5.87. The summed E-state index contributed by atoms with van der Waals surface area (Å²) in [6.07, 6.45) is 0. The summed E-state index contributed by atoms with van der Waals surface area (Å²) in [5.74, 6) is 0. The van der Waals surface area contributed by atoms with Crippen molar-refractivity contribution in [1.29, 1.82) is 0 Å². The van der Waals surface area contributed by atoms with Crippen LogP contribution in [0.3, 0.4) is 0 Å². The van der Waals surface area contributed by atoms with Gasteiger partial charge in [0.05, 0.1) is 0 Å². The van der Waals surface area contributed by atoms with E-state index in [2.05, 4.69) is 121 Å². The van der Waals surface area contributed by atoms with Crippen LogP contribution in [-0.2, 0) is 0 Å². The van der Waals surface area contributed by atoms with E-state index in [0.717, 1.165) is 0 Å². The number of benzene rings is 4. The number of rotatable bonds is 4. The van der Waals surface area contributed by atoms with E-state index in [1.165, 1.54) is 14.4 Å². The first-order valence-electron chi connectivity index (χ1n) is 8.46. The molecular formula is C24H20Te. The molecule has 0 bridgehead atoms. The second-order valence-electron chi connectivity index (χ2n) is 5.86. The first-order valence-corrected chi connectivity index (χ1v) is 13.1. The van der Waals surface area contributed by atoms with Crippen molar-refractivity contribution < 1.29 is 0 Å². The maximum absolute atomic E-state index is 3.03. The molecule has 122 valence electrons. The molecule has 0 aliphatic rings. The Morgan fingerprint density at radius 1 is 0.280 bits per heavy atom. The molecule has 0 saturated heterocycles. The molecule has 0 aliphatic heterocycles. The molecule has 0 aromatic heterocycles. The standard InChI is InChI=1S/C24H20Te/c1-5-13-21(14-6-1)25(22-15-7-2-8-16-22,23-17-9-3-10-18-23)24-19-11-4-12-20-24/h1-20H. The van der Waals surface area contributed by atoms with Gasteiger partial charge in [-0.25, -0.2) is 0 Å². The summed E-state index contributed by atoms with van der Waals surface area (Å²) in [6, 6.07) is 44.3. The van der Waals surface area contributed by atoms with E-state index in [4.69, 9.17) is 0 Å². The van der Waals surface area contributed by atoms with Crippen LogP contribution in [0.25, 0.3) is 0 Å². The van der Waals surface area contributed by atoms with Crippen LogP contribution in [0.1, 0.15) is 0 Å². The quantitative estimate of drug-likeness (QED) is 0.432. The minimum absolute atomic E-state index is 1.47. The molecule has 0 spiro atoms. The Balaban J connectivity index is 2.13. The van der Waals surface area contributed by atoms with Crippen molar-refractivity contribution in [3.05, 3.63) is 121 Å². The second kappa shape index (κ2) is 7.28. The molecule has 0 aliphatic carbocycles. The van der Waals surface area contributed by atoms with Gasteiger partial charge in [0, 0.05) is 0 Å². The van der Waals surface area contributed by atoms with Crippen molar-refractivity contribution in [2.24, 2.45) is 0 Å². The second-order valence-corrected chi connectivity index (χ2v) is 14.7. The van der Waals surface area contributed by atoms with Crippen molar-refractivity contribution >= 4 is 32.6 Å². The molecule has 4 aromatic rings. The van der Waals surface area contributed by atoms with Crippen LogP contribution in [0.5, 0.6) is 0 Å². The Morgan fingerprint density at radius 2 is 0.480 bits per heavy atom. The zero-order valence-electron chi connectivity index (χ0n) is 14.0. The van der Waals surface area contributed by atoms with Gasteiger partial charge in [-0.1, -0.05) is 0 Å². The van der Waals surface area contributed by atoms with Gasteiger partial charge >= 0.3 is 154 Å². The molecule has 0 unspecified atom stereocenters. The van der Waals surface area contributed by atoms with E-state index in [1.807, 2.05) is 0 Å². The van der Waals surface area contributed by atoms with Crippen molar-refractivity contribution in [2.45, 2.75) is 0 Å². The van der Waals surface area contributed by atoms with Crippen LogP contribution in [0, 0.1) is 0 Å². The van der Waals surface area contributed by atoms with E-state index >= 15 is 0 Å². The first kappa shape index (κ1) is 16.2. The van der Waals surface area contributed by atoms with Crippen LogP contribution in [0.4, 0.5) is 0 Å². The zero-order valence-corrected chi connectivity index (χ0v) is 16.3. The fourth-order valence-corrected chi connectivity index (χ4v) is 14.4. The first-order chi connectivity index (χ1) is 12.4. The fourth-order valence-electron chi connectivity index (χ4n) is 3.31. The molecule has 0 heterocycles. The van der Waals surface area contributed by atoms with Gasteiger partial charge < -0.3 is 0 Å². The van der Waals surface area contributed by atoms with Gasteiger partial charge in [-0.05, 0) is 0 Å². The molecule has 4 aromatic carbocycles. The normalized spacial score (nSPS) is 11.8. The summed E-state index contributed by atoms with van der Waals surface area (Å²) >= 11 is -3.03. The Hall–Kier alpha value is -2.33. The predicted octanol–water partition coefficient (Wildman–Crippen LogP) is 3.06. The minimum atomic E-state index is -3.03. The Bertz CT molecular complexity index is 753. The average Bonchev–Trinajstić information content (AvgIpc) is 2.72. The number of hydrogen-bond acceptors (Lipinski definition) is 0. The van der Waals surface area contributed by atoms with Crippen LogP contribution in [-0.4, -0.2) is 18.2 Å². The SMILES string of the molecule is c1ccc([Te](c2ccccc2)(c2ccccc2)c2ccccc2)cc1. The third-order valence-electron chi connectivity index (χ3n) is 4.39. The summed E-state index contributed by atoms with van der Waals surface area (Å²) in [5, 5.41) is 0. The molecule has 0 radical (unpaired) electrons.